The second-order valence-electron chi connectivity index (χ2n) is 5.12. The molecule has 1 aromatic heterocycles. The van der Waals surface area contributed by atoms with Gasteiger partial charge in [-0.25, -0.2) is 0 Å². The highest BCUT2D eigenvalue weighted by molar-refractivity contribution is 5.93. The van der Waals surface area contributed by atoms with E-state index in [1.165, 1.54) is 0 Å². The predicted molar refractivity (Wildman–Crippen MR) is 85.4 cm³/mol. The maximum absolute atomic E-state index is 12.4. The van der Waals surface area contributed by atoms with Gasteiger partial charge in [0.1, 0.15) is 0 Å². The minimum Gasteiger partial charge on any atom is -0.378 e. The van der Waals surface area contributed by atoms with Crippen molar-refractivity contribution in [3.8, 4) is 0 Å². The molecule has 4 nitrogen and oxygen atoms in total. The van der Waals surface area contributed by atoms with Crippen molar-refractivity contribution in [2.24, 2.45) is 0 Å². The molecule has 1 aromatic carbocycles. The van der Waals surface area contributed by atoms with E-state index in [1.54, 1.807) is 24.5 Å². The molecule has 21 heavy (non-hydrogen) atoms. The number of carbonyl (C=O) groups is 1. The van der Waals surface area contributed by atoms with Crippen LogP contribution in [0, 0.1) is 0 Å². The van der Waals surface area contributed by atoms with Crippen molar-refractivity contribution in [2.75, 3.05) is 25.5 Å². The van der Waals surface area contributed by atoms with Crippen LogP contribution in [0.3, 0.4) is 0 Å². The number of rotatable bonds is 5. The molecule has 0 bridgehead atoms. The minimum atomic E-state index is 0.0160. The minimum absolute atomic E-state index is 0.0160. The van der Waals surface area contributed by atoms with E-state index in [2.05, 4.69) is 34.1 Å². The zero-order valence-electron chi connectivity index (χ0n) is 12.8. The summed E-state index contributed by atoms with van der Waals surface area (Å²) in [5.74, 6) is 0.0160. The van der Waals surface area contributed by atoms with E-state index in [0.29, 0.717) is 18.7 Å². The molecule has 0 saturated heterocycles. The standard InChI is InChI=1S/C17H21N3O/c1-4-20(17(21)15-6-5-11-18-12-15)13-14-7-9-16(10-8-14)19(2)3/h5-12H,4,13H2,1-3H3. The third-order valence-corrected chi connectivity index (χ3v) is 3.40. The predicted octanol–water partition coefficient (Wildman–Crippen LogP) is 2.81. The summed E-state index contributed by atoms with van der Waals surface area (Å²) in [7, 11) is 4.03. The van der Waals surface area contributed by atoms with Crippen LogP contribution >= 0.6 is 0 Å². The van der Waals surface area contributed by atoms with E-state index in [0.717, 1.165) is 11.3 Å². The SMILES string of the molecule is CCN(Cc1ccc(N(C)C)cc1)C(=O)c1cccnc1. The summed E-state index contributed by atoms with van der Waals surface area (Å²) in [6.45, 7) is 3.27. The van der Waals surface area contributed by atoms with Gasteiger partial charge in [0, 0.05) is 45.3 Å². The van der Waals surface area contributed by atoms with Crippen molar-refractivity contribution in [2.45, 2.75) is 13.5 Å². The maximum Gasteiger partial charge on any atom is 0.255 e. The van der Waals surface area contributed by atoms with Gasteiger partial charge in [-0.3, -0.25) is 9.78 Å². The van der Waals surface area contributed by atoms with E-state index in [4.69, 9.17) is 0 Å². The van der Waals surface area contributed by atoms with Crippen LogP contribution in [0.25, 0.3) is 0 Å². The Morgan fingerprint density at radius 2 is 1.86 bits per heavy atom. The van der Waals surface area contributed by atoms with Crippen molar-refractivity contribution >= 4 is 11.6 Å². The van der Waals surface area contributed by atoms with Gasteiger partial charge in [-0.1, -0.05) is 12.1 Å². The van der Waals surface area contributed by atoms with Crippen LogP contribution in [0.15, 0.2) is 48.8 Å². The highest BCUT2D eigenvalue weighted by Gasteiger charge is 2.14. The average molecular weight is 283 g/mol. The van der Waals surface area contributed by atoms with Crippen molar-refractivity contribution in [3.05, 3.63) is 59.9 Å². The smallest absolute Gasteiger partial charge is 0.255 e. The fourth-order valence-electron chi connectivity index (χ4n) is 2.12. The van der Waals surface area contributed by atoms with E-state index in [-0.39, 0.29) is 5.91 Å². The number of hydrogen-bond donors (Lipinski definition) is 0. The topological polar surface area (TPSA) is 36.4 Å². The lowest BCUT2D eigenvalue weighted by Crippen LogP contribution is -2.30. The van der Waals surface area contributed by atoms with Crippen LogP contribution < -0.4 is 4.90 Å². The Morgan fingerprint density at radius 3 is 2.38 bits per heavy atom. The molecule has 0 fully saturated rings. The molecule has 4 heteroatoms. The molecule has 0 radical (unpaired) electrons. The molecule has 1 amide bonds. The van der Waals surface area contributed by atoms with Gasteiger partial charge in [-0.2, -0.15) is 0 Å². The monoisotopic (exact) mass is 283 g/mol. The molecular formula is C17H21N3O. The second-order valence-corrected chi connectivity index (χ2v) is 5.12. The van der Waals surface area contributed by atoms with Crippen LogP contribution in [-0.2, 0) is 6.54 Å². The third kappa shape index (κ3) is 3.81. The molecule has 2 aromatic rings. The Hall–Kier alpha value is -2.36. The first-order valence-electron chi connectivity index (χ1n) is 7.07. The first-order chi connectivity index (χ1) is 10.1. The van der Waals surface area contributed by atoms with Crippen molar-refractivity contribution in [3.63, 3.8) is 0 Å². The zero-order chi connectivity index (χ0) is 15.2. The normalized spacial score (nSPS) is 10.2. The van der Waals surface area contributed by atoms with Gasteiger partial charge >= 0.3 is 0 Å². The van der Waals surface area contributed by atoms with Crippen LogP contribution in [0.5, 0.6) is 0 Å². The number of pyridine rings is 1. The first-order valence-corrected chi connectivity index (χ1v) is 7.07. The number of hydrogen-bond acceptors (Lipinski definition) is 3. The molecule has 0 unspecified atom stereocenters. The number of anilines is 1. The number of carbonyl (C=O) groups excluding carboxylic acids is 1. The Labute approximate surface area is 126 Å². The Kier molecular flexibility index (Phi) is 4.93. The van der Waals surface area contributed by atoms with Crippen molar-refractivity contribution in [1.82, 2.24) is 9.88 Å². The summed E-state index contributed by atoms with van der Waals surface area (Å²) in [4.78, 5) is 20.3. The molecule has 0 aliphatic carbocycles. The molecule has 110 valence electrons. The van der Waals surface area contributed by atoms with Gasteiger partial charge in [-0.15, -0.1) is 0 Å². The van der Waals surface area contributed by atoms with Gasteiger partial charge in [0.15, 0.2) is 0 Å². The first kappa shape index (κ1) is 15.0. The highest BCUT2D eigenvalue weighted by atomic mass is 16.2. The summed E-state index contributed by atoms with van der Waals surface area (Å²) in [6.07, 6.45) is 3.28. The number of benzene rings is 1. The third-order valence-electron chi connectivity index (χ3n) is 3.40. The highest BCUT2D eigenvalue weighted by Crippen LogP contribution is 2.15. The molecule has 2 rings (SSSR count). The van der Waals surface area contributed by atoms with E-state index >= 15 is 0 Å². The maximum atomic E-state index is 12.4. The lowest BCUT2D eigenvalue weighted by atomic mass is 10.1. The summed E-state index contributed by atoms with van der Waals surface area (Å²) in [5.41, 5.74) is 2.91. The summed E-state index contributed by atoms with van der Waals surface area (Å²) < 4.78 is 0. The van der Waals surface area contributed by atoms with Gasteiger partial charge < -0.3 is 9.80 Å². The fraction of sp³-hybridized carbons (Fsp3) is 0.294. The van der Waals surface area contributed by atoms with E-state index in [9.17, 15) is 4.79 Å². The molecule has 0 N–H and O–H groups in total. The molecule has 0 saturated carbocycles. The summed E-state index contributed by atoms with van der Waals surface area (Å²) in [5, 5.41) is 0. The van der Waals surface area contributed by atoms with Crippen molar-refractivity contribution < 1.29 is 4.79 Å². The quantitative estimate of drug-likeness (QED) is 0.846. The number of nitrogens with zero attached hydrogens (tertiary/aromatic N) is 3. The van der Waals surface area contributed by atoms with Gasteiger partial charge in [0.25, 0.3) is 5.91 Å². The number of amides is 1. The summed E-state index contributed by atoms with van der Waals surface area (Å²) in [6, 6.07) is 11.8. The largest absolute Gasteiger partial charge is 0.378 e. The average Bonchev–Trinajstić information content (AvgIpc) is 2.53. The van der Waals surface area contributed by atoms with Crippen LogP contribution in [0.1, 0.15) is 22.8 Å². The number of aromatic nitrogens is 1. The Morgan fingerprint density at radius 1 is 1.14 bits per heavy atom. The molecular weight excluding hydrogens is 262 g/mol. The van der Waals surface area contributed by atoms with E-state index < -0.39 is 0 Å². The molecule has 0 aliphatic heterocycles. The Bertz CT molecular complexity index is 579. The zero-order valence-corrected chi connectivity index (χ0v) is 12.8. The second kappa shape index (κ2) is 6.88. The molecule has 0 atom stereocenters. The lowest BCUT2D eigenvalue weighted by molar-refractivity contribution is 0.0752. The van der Waals surface area contributed by atoms with Gasteiger partial charge in [0.05, 0.1) is 5.56 Å². The molecule has 0 spiro atoms. The van der Waals surface area contributed by atoms with Gasteiger partial charge in [0.2, 0.25) is 0 Å². The van der Waals surface area contributed by atoms with E-state index in [1.807, 2.05) is 25.9 Å². The van der Waals surface area contributed by atoms with Crippen molar-refractivity contribution in [1.29, 1.82) is 0 Å². The Balaban J connectivity index is 2.10. The van der Waals surface area contributed by atoms with Crippen LogP contribution in [-0.4, -0.2) is 36.4 Å². The molecule has 0 aliphatic rings. The summed E-state index contributed by atoms with van der Waals surface area (Å²) >= 11 is 0. The van der Waals surface area contributed by atoms with Crippen LogP contribution in [0.2, 0.25) is 0 Å². The molecule has 1 heterocycles. The van der Waals surface area contributed by atoms with Crippen LogP contribution in [0.4, 0.5) is 5.69 Å². The van der Waals surface area contributed by atoms with Gasteiger partial charge in [-0.05, 0) is 36.8 Å². The lowest BCUT2D eigenvalue weighted by Gasteiger charge is -2.21. The fourth-order valence-corrected chi connectivity index (χ4v) is 2.12.